The van der Waals surface area contributed by atoms with Crippen LogP contribution in [0.5, 0.6) is 0 Å². The number of carboxylic acid groups (broad SMARTS) is 1. The summed E-state index contributed by atoms with van der Waals surface area (Å²) < 4.78 is 0. The molecular weight excluding hydrogens is 248 g/mol. The number of hydrogen-bond acceptors (Lipinski definition) is 6. The summed E-state index contributed by atoms with van der Waals surface area (Å²) in [5.41, 5.74) is 1.30. The second kappa shape index (κ2) is 4.43. The molecule has 2 N–H and O–H groups in total. The molecule has 2 aromatic rings. The Bertz CT molecular complexity index is 633. The van der Waals surface area contributed by atoms with E-state index in [9.17, 15) is 9.90 Å². The van der Waals surface area contributed by atoms with Crippen LogP contribution in [0.3, 0.4) is 0 Å². The van der Waals surface area contributed by atoms with Gasteiger partial charge in [0, 0.05) is 13.0 Å². The molecule has 1 fully saturated rings. The molecule has 0 aliphatic carbocycles. The van der Waals surface area contributed by atoms with Gasteiger partial charge in [0.25, 0.3) is 0 Å². The van der Waals surface area contributed by atoms with Crippen LogP contribution in [0.25, 0.3) is 11.0 Å². The zero-order valence-electron chi connectivity index (χ0n) is 9.97. The lowest BCUT2D eigenvalue weighted by Gasteiger charge is -2.20. The van der Waals surface area contributed by atoms with Gasteiger partial charge in [-0.1, -0.05) is 12.1 Å². The van der Waals surface area contributed by atoms with Gasteiger partial charge in [0.15, 0.2) is 0 Å². The van der Waals surface area contributed by atoms with Gasteiger partial charge in [0.2, 0.25) is 5.95 Å². The van der Waals surface area contributed by atoms with Crippen LogP contribution in [0, 0.1) is 0 Å². The minimum absolute atomic E-state index is 0.172. The summed E-state index contributed by atoms with van der Waals surface area (Å²) in [4.78, 5) is 16.9. The van der Waals surface area contributed by atoms with Crippen LogP contribution >= 0.6 is 0 Å². The fourth-order valence-corrected chi connectivity index (χ4v) is 2.26. The summed E-state index contributed by atoms with van der Waals surface area (Å²) in [5.74, 6) is -0.754. The Morgan fingerprint density at radius 2 is 2.00 bits per heavy atom. The lowest BCUT2D eigenvalue weighted by atomic mass is 10.2. The molecule has 2 atom stereocenters. The van der Waals surface area contributed by atoms with Gasteiger partial charge in [-0.15, -0.1) is 10.2 Å². The van der Waals surface area contributed by atoms with E-state index in [1.165, 1.54) is 4.90 Å². The molecular formula is C12H12N4O3. The summed E-state index contributed by atoms with van der Waals surface area (Å²) in [6, 6.07) is 6.42. The van der Waals surface area contributed by atoms with Crippen molar-refractivity contribution in [2.75, 3.05) is 11.4 Å². The molecule has 7 nitrogen and oxygen atoms in total. The summed E-state index contributed by atoms with van der Waals surface area (Å²) in [6.45, 7) is 0.205. The van der Waals surface area contributed by atoms with E-state index in [1.54, 1.807) is 12.1 Å². The van der Waals surface area contributed by atoms with Gasteiger partial charge in [0.05, 0.1) is 11.6 Å². The van der Waals surface area contributed by atoms with Crippen molar-refractivity contribution in [3.05, 3.63) is 24.3 Å². The monoisotopic (exact) mass is 260 g/mol. The molecule has 1 aromatic heterocycles. The summed E-state index contributed by atoms with van der Waals surface area (Å²) in [6.07, 6.45) is -0.512. The molecule has 1 aliphatic rings. The van der Waals surface area contributed by atoms with Gasteiger partial charge < -0.3 is 15.1 Å². The Hall–Kier alpha value is -2.28. The van der Waals surface area contributed by atoms with Crippen molar-refractivity contribution in [1.29, 1.82) is 0 Å². The van der Waals surface area contributed by atoms with Crippen molar-refractivity contribution in [2.24, 2.45) is 0 Å². The Kier molecular flexibility index (Phi) is 2.75. The fraction of sp³-hybridized carbons (Fsp3) is 0.333. The second-order valence-corrected chi connectivity index (χ2v) is 4.50. The van der Waals surface area contributed by atoms with Gasteiger partial charge >= 0.3 is 5.97 Å². The zero-order valence-corrected chi connectivity index (χ0v) is 9.97. The fourth-order valence-electron chi connectivity index (χ4n) is 2.26. The Balaban J connectivity index is 2.01. The van der Waals surface area contributed by atoms with Crippen molar-refractivity contribution in [3.8, 4) is 0 Å². The number of carbonyl (C=O) groups is 1. The number of aromatic nitrogens is 3. The van der Waals surface area contributed by atoms with Gasteiger partial charge in [-0.3, -0.25) is 0 Å². The van der Waals surface area contributed by atoms with Gasteiger partial charge in [-0.2, -0.15) is 0 Å². The maximum Gasteiger partial charge on any atom is 0.326 e. The normalized spacial score (nSPS) is 22.9. The molecule has 0 bridgehead atoms. The van der Waals surface area contributed by atoms with E-state index in [2.05, 4.69) is 15.2 Å². The molecule has 0 saturated carbocycles. The average molecular weight is 260 g/mol. The molecule has 7 heteroatoms. The van der Waals surface area contributed by atoms with Crippen molar-refractivity contribution in [3.63, 3.8) is 0 Å². The maximum atomic E-state index is 11.2. The molecule has 0 amide bonds. The summed E-state index contributed by atoms with van der Waals surface area (Å²) >= 11 is 0. The first kappa shape index (κ1) is 11.8. The first-order valence-corrected chi connectivity index (χ1v) is 5.92. The van der Waals surface area contributed by atoms with Crippen LogP contribution in [0.15, 0.2) is 24.3 Å². The Morgan fingerprint density at radius 3 is 2.74 bits per heavy atom. The van der Waals surface area contributed by atoms with Gasteiger partial charge in [-0.25, -0.2) is 9.78 Å². The number of nitrogens with zero attached hydrogens (tertiary/aromatic N) is 4. The van der Waals surface area contributed by atoms with E-state index in [-0.39, 0.29) is 18.9 Å². The predicted octanol–water partition coefficient (Wildman–Crippen LogP) is 0.0490. The van der Waals surface area contributed by atoms with Gasteiger partial charge in [-0.05, 0) is 12.1 Å². The number of para-hydroxylation sites is 1. The number of aliphatic hydroxyl groups is 1. The molecule has 1 aromatic carbocycles. The quantitative estimate of drug-likeness (QED) is 0.786. The highest BCUT2D eigenvalue weighted by molar-refractivity contribution is 5.79. The molecule has 98 valence electrons. The number of fused-ring (bicyclic) bond motifs is 1. The molecule has 3 rings (SSSR count). The second-order valence-electron chi connectivity index (χ2n) is 4.50. The molecule has 2 unspecified atom stereocenters. The smallest absolute Gasteiger partial charge is 0.326 e. The SMILES string of the molecule is O=C(O)C1CC(O)CN1c1nnc2ccccc2n1. The number of carboxylic acids is 1. The van der Waals surface area contributed by atoms with Crippen LogP contribution in [0.4, 0.5) is 5.95 Å². The molecule has 1 aliphatic heterocycles. The maximum absolute atomic E-state index is 11.2. The van der Waals surface area contributed by atoms with E-state index < -0.39 is 18.1 Å². The third kappa shape index (κ3) is 2.08. The first-order chi connectivity index (χ1) is 9.15. The molecule has 1 saturated heterocycles. The topological polar surface area (TPSA) is 99.4 Å². The Morgan fingerprint density at radius 1 is 1.26 bits per heavy atom. The van der Waals surface area contributed by atoms with E-state index >= 15 is 0 Å². The molecule has 2 heterocycles. The average Bonchev–Trinajstić information content (AvgIpc) is 2.80. The number of aliphatic hydroxyl groups excluding tert-OH is 1. The van der Waals surface area contributed by atoms with Crippen molar-refractivity contribution in [2.45, 2.75) is 18.6 Å². The highest BCUT2D eigenvalue weighted by atomic mass is 16.4. The van der Waals surface area contributed by atoms with Gasteiger partial charge in [0.1, 0.15) is 11.6 Å². The van der Waals surface area contributed by atoms with E-state index in [0.717, 1.165) is 0 Å². The highest BCUT2D eigenvalue weighted by Crippen LogP contribution is 2.23. The van der Waals surface area contributed by atoms with Crippen LogP contribution in [0.2, 0.25) is 0 Å². The van der Waals surface area contributed by atoms with E-state index in [4.69, 9.17) is 5.11 Å². The van der Waals surface area contributed by atoms with Crippen LogP contribution in [0.1, 0.15) is 6.42 Å². The van der Waals surface area contributed by atoms with Crippen molar-refractivity contribution < 1.29 is 15.0 Å². The third-order valence-corrected chi connectivity index (χ3v) is 3.17. The number of hydrogen-bond donors (Lipinski definition) is 2. The highest BCUT2D eigenvalue weighted by Gasteiger charge is 2.37. The van der Waals surface area contributed by atoms with Crippen LogP contribution in [-0.4, -0.2) is 50.1 Å². The zero-order chi connectivity index (χ0) is 13.4. The summed E-state index contributed by atoms with van der Waals surface area (Å²) in [5, 5.41) is 26.7. The molecule has 19 heavy (non-hydrogen) atoms. The molecule has 0 radical (unpaired) electrons. The van der Waals surface area contributed by atoms with E-state index in [0.29, 0.717) is 11.0 Å². The number of anilines is 1. The standard InChI is InChI=1S/C12H12N4O3/c17-7-5-10(11(18)19)16(6-7)12-13-8-3-1-2-4-9(8)14-15-12/h1-4,7,10,17H,5-6H2,(H,18,19). The summed E-state index contributed by atoms with van der Waals surface area (Å²) in [7, 11) is 0. The first-order valence-electron chi connectivity index (χ1n) is 5.92. The predicted molar refractivity (Wildman–Crippen MR) is 66.7 cm³/mol. The van der Waals surface area contributed by atoms with Crippen LogP contribution < -0.4 is 4.90 Å². The third-order valence-electron chi connectivity index (χ3n) is 3.17. The van der Waals surface area contributed by atoms with Crippen molar-refractivity contribution in [1.82, 2.24) is 15.2 Å². The minimum atomic E-state index is -0.992. The largest absolute Gasteiger partial charge is 0.480 e. The van der Waals surface area contributed by atoms with Crippen molar-refractivity contribution >= 4 is 23.0 Å². The minimum Gasteiger partial charge on any atom is -0.480 e. The number of benzene rings is 1. The van der Waals surface area contributed by atoms with Crippen LogP contribution in [-0.2, 0) is 4.79 Å². The number of rotatable bonds is 2. The molecule has 0 spiro atoms. The van der Waals surface area contributed by atoms with E-state index in [1.807, 2.05) is 12.1 Å². The number of aliphatic carboxylic acids is 1. The Labute approximate surface area is 108 Å². The number of β-amino-alcohol motifs (C(OH)–C–C–N with tert-alkyl or cyclic N) is 1. The lowest BCUT2D eigenvalue weighted by molar-refractivity contribution is -0.138. The lowest BCUT2D eigenvalue weighted by Crippen LogP contribution is -2.37.